The molecule has 1 saturated carbocycles. The van der Waals surface area contributed by atoms with E-state index in [-0.39, 0.29) is 11.9 Å². The van der Waals surface area contributed by atoms with Gasteiger partial charge in [0.25, 0.3) is 5.91 Å². The molecular weight excluding hydrogens is 398 g/mol. The van der Waals surface area contributed by atoms with Gasteiger partial charge in [0.1, 0.15) is 0 Å². The van der Waals surface area contributed by atoms with E-state index in [0.29, 0.717) is 37.1 Å². The van der Waals surface area contributed by atoms with Crippen LogP contribution in [0.4, 0.5) is 0 Å². The largest absolute Gasteiger partial charge is 0.338 e. The van der Waals surface area contributed by atoms with E-state index in [4.69, 9.17) is 0 Å². The second-order valence-electron chi connectivity index (χ2n) is 9.31. The number of piperazine rings is 1. The Hall–Kier alpha value is -1.44. The Morgan fingerprint density at radius 3 is 2.43 bits per heavy atom. The van der Waals surface area contributed by atoms with Crippen LogP contribution < -0.4 is 4.90 Å². The first-order valence-corrected chi connectivity index (χ1v) is 13.0. The molecule has 1 amide bonds. The lowest BCUT2D eigenvalue weighted by molar-refractivity contribution is -0.918. The quantitative estimate of drug-likeness (QED) is 0.759. The summed E-state index contributed by atoms with van der Waals surface area (Å²) in [6.45, 7) is 4.30. The van der Waals surface area contributed by atoms with Crippen LogP contribution in [0, 0.1) is 0 Å². The van der Waals surface area contributed by atoms with Gasteiger partial charge in [-0.2, -0.15) is 4.31 Å². The fourth-order valence-electron chi connectivity index (χ4n) is 5.43. The molecule has 1 atom stereocenters. The van der Waals surface area contributed by atoms with Gasteiger partial charge < -0.3 is 9.80 Å². The molecule has 30 heavy (non-hydrogen) atoms. The highest BCUT2D eigenvalue weighted by Gasteiger charge is 2.37. The van der Waals surface area contributed by atoms with Gasteiger partial charge in [0.2, 0.25) is 10.0 Å². The Labute approximate surface area is 181 Å². The Morgan fingerprint density at radius 2 is 1.73 bits per heavy atom. The van der Waals surface area contributed by atoms with E-state index in [0.717, 1.165) is 32.1 Å². The maximum Gasteiger partial charge on any atom is 0.280 e. The van der Waals surface area contributed by atoms with Crippen molar-refractivity contribution in [3.05, 3.63) is 29.3 Å². The Morgan fingerprint density at radius 1 is 1.07 bits per heavy atom. The van der Waals surface area contributed by atoms with Crippen molar-refractivity contribution < 1.29 is 18.1 Å². The number of hydrogen-bond donors (Lipinski definition) is 1. The number of likely N-dealkylation sites (N-methyl/N-ethyl adjacent to an activating group) is 1. The molecule has 0 unspecified atom stereocenters. The van der Waals surface area contributed by atoms with Gasteiger partial charge in [-0.1, -0.05) is 25.3 Å². The molecule has 0 spiro atoms. The number of sulfonamides is 1. The third kappa shape index (κ3) is 4.30. The first kappa shape index (κ1) is 21.8. The second-order valence-corrected chi connectivity index (χ2v) is 11.2. The minimum atomic E-state index is -3.46. The predicted molar refractivity (Wildman–Crippen MR) is 117 cm³/mol. The van der Waals surface area contributed by atoms with E-state index in [1.54, 1.807) is 10.4 Å². The number of amides is 1. The number of fused-ring (bicyclic) bond motifs is 1. The molecule has 166 valence electrons. The second kappa shape index (κ2) is 8.97. The highest BCUT2D eigenvalue weighted by molar-refractivity contribution is 7.89. The summed E-state index contributed by atoms with van der Waals surface area (Å²) in [5.74, 6) is 0.201. The van der Waals surface area contributed by atoms with Gasteiger partial charge in [0.05, 0.1) is 31.1 Å². The molecule has 6 nitrogen and oxygen atoms in total. The third-order valence-electron chi connectivity index (χ3n) is 7.53. The number of quaternary nitrogens is 1. The number of nitrogens with zero attached hydrogens (tertiary/aromatic N) is 2. The Bertz CT molecular complexity index is 872. The summed E-state index contributed by atoms with van der Waals surface area (Å²) in [5.41, 5.74) is 2.47. The topological polar surface area (TPSA) is 62.1 Å². The average molecular weight is 435 g/mol. The number of hydrogen-bond acceptors (Lipinski definition) is 3. The third-order valence-corrected chi connectivity index (χ3v) is 9.42. The van der Waals surface area contributed by atoms with Crippen LogP contribution in [0.1, 0.15) is 56.6 Å². The van der Waals surface area contributed by atoms with Crippen molar-refractivity contribution in [1.29, 1.82) is 0 Å². The molecule has 1 aromatic rings. The fraction of sp³-hybridized carbons (Fsp3) is 0.696. The Balaban J connectivity index is 1.36. The zero-order valence-corrected chi connectivity index (χ0v) is 19.2. The van der Waals surface area contributed by atoms with E-state index >= 15 is 0 Å². The number of aryl methyl sites for hydroxylation is 2. The molecule has 1 heterocycles. The van der Waals surface area contributed by atoms with Gasteiger partial charge in [-0.25, -0.2) is 8.42 Å². The van der Waals surface area contributed by atoms with Crippen molar-refractivity contribution in [3.8, 4) is 0 Å². The van der Waals surface area contributed by atoms with E-state index < -0.39 is 10.0 Å². The van der Waals surface area contributed by atoms with Crippen LogP contribution in [0.15, 0.2) is 23.1 Å². The normalized spacial score (nSPS) is 22.6. The molecule has 1 saturated heterocycles. The van der Waals surface area contributed by atoms with Crippen LogP contribution in [-0.4, -0.2) is 68.8 Å². The molecule has 1 N–H and O–H groups in total. The lowest BCUT2D eigenvalue weighted by Gasteiger charge is -2.37. The number of carbonyl (C=O) groups is 1. The Kier molecular flexibility index (Phi) is 6.51. The van der Waals surface area contributed by atoms with E-state index in [2.05, 4.69) is 0 Å². The lowest BCUT2D eigenvalue weighted by atomic mass is 9.94. The SMILES string of the molecule is C[C@@H](C(=O)N(C)C1CCCCC1)[NH+]1CCN(S(=O)(=O)c2ccc3c(c2)CCC3)CC1. The molecule has 3 aliphatic rings. The molecule has 4 rings (SSSR count). The number of benzene rings is 1. The average Bonchev–Trinajstić information content (AvgIpc) is 3.26. The van der Waals surface area contributed by atoms with Crippen LogP contribution in [0.2, 0.25) is 0 Å². The number of carbonyl (C=O) groups excluding carboxylic acids is 1. The van der Waals surface area contributed by atoms with Crippen molar-refractivity contribution in [1.82, 2.24) is 9.21 Å². The van der Waals surface area contributed by atoms with Gasteiger partial charge in [0.15, 0.2) is 6.04 Å². The minimum Gasteiger partial charge on any atom is -0.338 e. The monoisotopic (exact) mass is 434 g/mol. The van der Waals surface area contributed by atoms with Crippen LogP contribution in [0.25, 0.3) is 0 Å². The molecule has 7 heteroatoms. The maximum absolute atomic E-state index is 13.2. The predicted octanol–water partition coefficient (Wildman–Crippen LogP) is 1.24. The van der Waals surface area contributed by atoms with Crippen LogP contribution >= 0.6 is 0 Å². The summed E-state index contributed by atoms with van der Waals surface area (Å²) in [6.07, 6.45) is 9.06. The fourth-order valence-corrected chi connectivity index (χ4v) is 6.93. The highest BCUT2D eigenvalue weighted by Crippen LogP contribution is 2.26. The molecule has 0 aromatic heterocycles. The first-order chi connectivity index (χ1) is 14.4. The summed E-state index contributed by atoms with van der Waals surface area (Å²) in [5, 5.41) is 0. The van der Waals surface area contributed by atoms with Gasteiger partial charge >= 0.3 is 0 Å². The van der Waals surface area contributed by atoms with Crippen molar-refractivity contribution in [2.75, 3.05) is 33.2 Å². The molecule has 2 aliphatic carbocycles. The highest BCUT2D eigenvalue weighted by atomic mass is 32.2. The van der Waals surface area contributed by atoms with Crippen molar-refractivity contribution >= 4 is 15.9 Å². The van der Waals surface area contributed by atoms with E-state index in [1.807, 2.05) is 31.0 Å². The van der Waals surface area contributed by atoms with E-state index in [9.17, 15) is 13.2 Å². The molecular formula is C23H36N3O3S+. The van der Waals surface area contributed by atoms with Crippen molar-refractivity contribution in [2.45, 2.75) is 75.3 Å². The van der Waals surface area contributed by atoms with Gasteiger partial charge in [-0.3, -0.25) is 4.79 Å². The number of nitrogens with one attached hydrogen (secondary N) is 1. The molecule has 0 bridgehead atoms. The maximum atomic E-state index is 13.2. The molecule has 2 fully saturated rings. The summed E-state index contributed by atoms with van der Waals surface area (Å²) in [6, 6.07) is 5.88. The summed E-state index contributed by atoms with van der Waals surface area (Å²) >= 11 is 0. The summed E-state index contributed by atoms with van der Waals surface area (Å²) in [4.78, 5) is 16.6. The number of rotatable bonds is 5. The molecule has 0 radical (unpaired) electrons. The van der Waals surface area contributed by atoms with Gasteiger partial charge in [0, 0.05) is 13.1 Å². The zero-order chi connectivity index (χ0) is 21.3. The van der Waals surface area contributed by atoms with Crippen LogP contribution in [-0.2, 0) is 27.7 Å². The van der Waals surface area contributed by atoms with Crippen LogP contribution in [0.3, 0.4) is 0 Å². The lowest BCUT2D eigenvalue weighted by Crippen LogP contribution is -3.19. The summed E-state index contributed by atoms with van der Waals surface area (Å²) in [7, 11) is -1.51. The molecule has 1 aliphatic heterocycles. The van der Waals surface area contributed by atoms with Crippen molar-refractivity contribution in [2.24, 2.45) is 0 Å². The molecule has 1 aromatic carbocycles. The zero-order valence-electron chi connectivity index (χ0n) is 18.4. The van der Waals surface area contributed by atoms with Gasteiger partial charge in [-0.15, -0.1) is 0 Å². The smallest absolute Gasteiger partial charge is 0.280 e. The first-order valence-electron chi connectivity index (χ1n) is 11.6. The van der Waals surface area contributed by atoms with Crippen molar-refractivity contribution in [3.63, 3.8) is 0 Å². The summed E-state index contributed by atoms with van der Waals surface area (Å²) < 4.78 is 27.9. The van der Waals surface area contributed by atoms with E-state index in [1.165, 1.54) is 35.3 Å². The minimum absolute atomic E-state index is 0.123. The standard InChI is InChI=1S/C23H35N3O3S/c1-18(23(27)24(2)21-9-4-3-5-10-21)25-13-15-26(16-14-25)30(28,29)22-12-11-19-7-6-8-20(19)17-22/h11-12,17-18,21H,3-10,13-16H2,1-2H3/p+1/t18-/m0/s1. The van der Waals surface area contributed by atoms with Crippen LogP contribution in [0.5, 0.6) is 0 Å². The van der Waals surface area contributed by atoms with Gasteiger partial charge in [-0.05, 0) is 62.3 Å².